The molecular weight excluding hydrogens is 814 g/mol. The van der Waals surface area contributed by atoms with E-state index < -0.39 is 118 Å². The number of fused-ring (bicyclic) bond motifs is 5. The van der Waals surface area contributed by atoms with Gasteiger partial charge < -0.3 is 58.2 Å². The van der Waals surface area contributed by atoms with Gasteiger partial charge in [-0.05, 0) is 76.1 Å². The third kappa shape index (κ3) is 7.86. The van der Waals surface area contributed by atoms with Crippen LogP contribution < -0.4 is 10.1 Å². The van der Waals surface area contributed by atoms with Crippen LogP contribution in [0.25, 0.3) is 0 Å². The van der Waals surface area contributed by atoms with Crippen LogP contribution in [-0.4, -0.2) is 118 Å². The molecular formula is C44H55NO17. The molecule has 338 valence electrons. The van der Waals surface area contributed by atoms with Gasteiger partial charge in [0.15, 0.2) is 23.6 Å². The number of esters is 4. The first-order valence-electron chi connectivity index (χ1n) is 20.2. The number of alkyl carbamates (subject to hydrolysis) is 1. The van der Waals surface area contributed by atoms with Crippen LogP contribution in [0.3, 0.4) is 0 Å². The fourth-order valence-corrected chi connectivity index (χ4v) is 9.75. The monoisotopic (exact) mass is 869 g/mol. The van der Waals surface area contributed by atoms with Crippen LogP contribution >= 0.6 is 0 Å². The van der Waals surface area contributed by atoms with Gasteiger partial charge in [0.1, 0.15) is 47.1 Å². The lowest BCUT2D eigenvalue weighted by Crippen LogP contribution is -2.82. The highest BCUT2D eigenvalue weighted by molar-refractivity contribution is 5.95. The number of ether oxygens (including phenoxy) is 7. The lowest BCUT2D eigenvalue weighted by Gasteiger charge is -2.67. The molecule has 1 aliphatic heterocycles. The highest BCUT2D eigenvalue weighted by Gasteiger charge is 2.78. The number of aliphatic hydroxyl groups excluding tert-OH is 2. The van der Waals surface area contributed by atoms with Crippen molar-refractivity contribution in [2.45, 2.75) is 135 Å². The van der Waals surface area contributed by atoms with E-state index in [0.29, 0.717) is 0 Å². The molecule has 1 aromatic heterocycles. The van der Waals surface area contributed by atoms with E-state index >= 15 is 4.79 Å². The second-order valence-electron chi connectivity index (χ2n) is 18.1. The first-order chi connectivity index (χ1) is 28.8. The van der Waals surface area contributed by atoms with Crippen LogP contribution in [-0.2, 0) is 47.6 Å². The number of hydrogen-bond donors (Lipinski definition) is 4. The highest BCUT2D eigenvalue weighted by Crippen LogP contribution is 2.64. The topological polar surface area (TPSA) is 253 Å². The molecule has 2 heterocycles. The molecule has 2 saturated carbocycles. The Morgan fingerprint density at radius 3 is 2.24 bits per heavy atom. The van der Waals surface area contributed by atoms with Gasteiger partial charge in [-0.1, -0.05) is 19.9 Å². The summed E-state index contributed by atoms with van der Waals surface area (Å²) in [6, 6.07) is 7.25. The Labute approximate surface area is 358 Å². The van der Waals surface area contributed by atoms with Gasteiger partial charge in [-0.2, -0.15) is 0 Å². The number of furan rings is 1. The summed E-state index contributed by atoms with van der Waals surface area (Å²) in [5, 5.41) is 39.7. The van der Waals surface area contributed by atoms with Crippen molar-refractivity contribution in [1.29, 1.82) is 0 Å². The van der Waals surface area contributed by atoms with Crippen LogP contribution in [0.4, 0.5) is 4.79 Å². The van der Waals surface area contributed by atoms with Crippen LogP contribution in [0.1, 0.15) is 97.3 Å². The fraction of sp³-hybridized carbons (Fsp3) is 0.591. The molecule has 2 aromatic rings. The van der Waals surface area contributed by atoms with Gasteiger partial charge in [-0.15, -0.1) is 0 Å². The average molecular weight is 870 g/mol. The van der Waals surface area contributed by atoms with E-state index in [1.807, 2.05) is 0 Å². The molecule has 11 atom stereocenters. The Morgan fingerprint density at radius 1 is 0.984 bits per heavy atom. The molecule has 0 radical (unpaired) electrons. The molecule has 0 spiro atoms. The van der Waals surface area contributed by atoms with Gasteiger partial charge in [-0.3, -0.25) is 14.4 Å². The number of methoxy groups -OCH3 is 1. The third-order valence-electron chi connectivity index (χ3n) is 12.8. The SMILES string of the molecule is COc1cccc(C(=O)O[C@H]2[C@@H]3[C@]4(OC(C)=O)CO[C@@H]4C[C@H](O)[C@@]3(C)C(=O)[C@H](OC(C)=O)C3=C(C)[C@@H](OC(=O)[C@H](O)[C@@H](NC(=O)OC(C)(C)C)c4ccco4)C[C@]2(O)C3(C)C)c1. The number of carbonyl (C=O) groups excluding carboxylic acids is 6. The molecule has 62 heavy (non-hydrogen) atoms. The predicted octanol–water partition coefficient (Wildman–Crippen LogP) is 3.43. The molecule has 0 unspecified atom stereocenters. The quantitative estimate of drug-likeness (QED) is 0.152. The first kappa shape index (κ1) is 46.2. The number of ketones is 1. The maximum Gasteiger partial charge on any atom is 0.408 e. The molecule has 18 heteroatoms. The summed E-state index contributed by atoms with van der Waals surface area (Å²) in [6.45, 7) is 12.6. The van der Waals surface area contributed by atoms with Gasteiger partial charge in [0, 0.05) is 32.1 Å². The Kier molecular flexibility index (Phi) is 12.2. The van der Waals surface area contributed by atoms with Gasteiger partial charge in [0.05, 0.1) is 43.0 Å². The van der Waals surface area contributed by atoms with Crippen molar-refractivity contribution in [3.63, 3.8) is 0 Å². The zero-order valence-corrected chi connectivity index (χ0v) is 36.3. The van der Waals surface area contributed by atoms with Crippen molar-refractivity contribution in [3.8, 4) is 5.75 Å². The molecule has 1 saturated heterocycles. The zero-order chi connectivity index (χ0) is 45.9. The Morgan fingerprint density at radius 2 is 1.68 bits per heavy atom. The minimum atomic E-state index is -2.45. The number of Topliss-reactive ketones (excluding diaryl/α,β-unsaturated/α-hetero) is 1. The summed E-state index contributed by atoms with van der Waals surface area (Å²) in [4.78, 5) is 82.9. The standard InChI is InChI=1S/C44H55NO17/c1-21-27(59-38(52)32(49)31(26-15-12-16-56-26)45-39(53)62-40(4,5)6)19-44(54)36(60-37(51)24-13-11-14-25(17-24)55-10)34-42(9,28(48)18-29-43(34,20-57-29)61-23(3)47)35(50)33(58-22(2)46)30(21)41(44,7)8/h11-17,27-29,31-34,36,48-49,54H,18-20H2,1-10H3,(H,45,53)/t27-,28-,29+,31-,32+,33+,34-,36-,42+,43-,44+/m0/s1. The van der Waals surface area contributed by atoms with Crippen LogP contribution in [0.2, 0.25) is 0 Å². The molecule has 2 bridgehead atoms. The molecule has 4 aliphatic rings. The Bertz CT molecular complexity index is 2140. The predicted molar refractivity (Wildman–Crippen MR) is 212 cm³/mol. The van der Waals surface area contributed by atoms with E-state index in [0.717, 1.165) is 13.8 Å². The van der Waals surface area contributed by atoms with Gasteiger partial charge in [-0.25, -0.2) is 14.4 Å². The van der Waals surface area contributed by atoms with Crippen LogP contribution in [0, 0.1) is 16.7 Å². The number of benzene rings is 1. The summed E-state index contributed by atoms with van der Waals surface area (Å²) < 4.78 is 46.3. The summed E-state index contributed by atoms with van der Waals surface area (Å²) in [5.74, 6) is -6.31. The maximum atomic E-state index is 15.5. The largest absolute Gasteiger partial charge is 0.497 e. The van der Waals surface area contributed by atoms with Crippen molar-refractivity contribution in [1.82, 2.24) is 5.32 Å². The number of carbonyl (C=O) groups is 6. The van der Waals surface area contributed by atoms with Crippen molar-refractivity contribution in [2.24, 2.45) is 16.7 Å². The van der Waals surface area contributed by atoms with Crippen LogP contribution in [0.15, 0.2) is 58.2 Å². The summed E-state index contributed by atoms with van der Waals surface area (Å²) >= 11 is 0. The second kappa shape index (κ2) is 16.4. The van der Waals surface area contributed by atoms with Crippen molar-refractivity contribution in [2.75, 3.05) is 13.7 Å². The summed E-state index contributed by atoms with van der Waals surface area (Å²) in [7, 11) is 1.39. The minimum Gasteiger partial charge on any atom is -0.497 e. The number of nitrogens with one attached hydrogen (secondary N) is 1. The second-order valence-corrected chi connectivity index (χ2v) is 18.1. The number of amides is 1. The van der Waals surface area contributed by atoms with Crippen LogP contribution in [0.5, 0.6) is 5.75 Å². The Hall–Kier alpha value is -5.30. The zero-order valence-electron chi connectivity index (χ0n) is 36.3. The first-order valence-corrected chi connectivity index (χ1v) is 20.2. The highest BCUT2D eigenvalue weighted by atomic mass is 16.6. The molecule has 18 nitrogen and oxygen atoms in total. The number of aliphatic hydroxyl groups is 3. The molecule has 6 rings (SSSR count). The summed E-state index contributed by atoms with van der Waals surface area (Å²) in [5.41, 5.74) is -8.97. The van der Waals surface area contributed by atoms with E-state index in [2.05, 4.69) is 5.32 Å². The van der Waals surface area contributed by atoms with Gasteiger partial charge in [0.2, 0.25) is 0 Å². The number of hydrogen-bond acceptors (Lipinski definition) is 17. The van der Waals surface area contributed by atoms with E-state index in [-0.39, 0.29) is 41.2 Å². The molecule has 1 amide bonds. The average Bonchev–Trinajstić information content (AvgIpc) is 3.72. The lowest BCUT2D eigenvalue weighted by molar-refractivity contribution is -0.346. The molecule has 3 aliphatic carbocycles. The van der Waals surface area contributed by atoms with E-state index in [1.165, 1.54) is 71.4 Å². The fourth-order valence-electron chi connectivity index (χ4n) is 9.75. The smallest absolute Gasteiger partial charge is 0.408 e. The Balaban J connectivity index is 1.54. The molecule has 4 N–H and O–H groups in total. The van der Waals surface area contributed by atoms with Crippen molar-refractivity contribution in [3.05, 3.63) is 65.1 Å². The third-order valence-corrected chi connectivity index (χ3v) is 12.8. The van der Waals surface area contributed by atoms with Crippen molar-refractivity contribution >= 4 is 35.8 Å². The van der Waals surface area contributed by atoms with Gasteiger partial charge >= 0.3 is 30.0 Å². The molecule has 1 aromatic carbocycles. The lowest BCUT2D eigenvalue weighted by atomic mass is 9.44. The van der Waals surface area contributed by atoms with E-state index in [9.17, 15) is 39.3 Å². The minimum absolute atomic E-state index is 0.0340. The normalized spacial score (nSPS) is 32.2. The number of rotatable bonds is 10. The van der Waals surface area contributed by atoms with E-state index in [4.69, 9.17) is 37.6 Å². The van der Waals surface area contributed by atoms with Gasteiger partial charge in [0.25, 0.3) is 0 Å². The van der Waals surface area contributed by atoms with E-state index in [1.54, 1.807) is 26.8 Å². The maximum absolute atomic E-state index is 15.5. The molecule has 3 fully saturated rings. The summed E-state index contributed by atoms with van der Waals surface area (Å²) in [6.07, 6.45) is -10.7. The van der Waals surface area contributed by atoms with Crippen molar-refractivity contribution < 1.29 is 81.7 Å².